The topological polar surface area (TPSA) is 139 Å². The van der Waals surface area contributed by atoms with Crippen LogP contribution in [0.1, 0.15) is 26.5 Å². The molecule has 1 aromatic heterocycles. The Labute approximate surface area is 221 Å². The molecular formula is C29H33N3O6. The third kappa shape index (κ3) is 5.59. The SMILES string of the molecule is CCN(CC)c1ccc2cc(-c3ccc(/C(C)=C(\C#N)C(=O)NC[C@H]4OC[C@H](O)[C@@H](O)[C@@H]4O)o3)ccc2c1. The smallest absolute Gasteiger partial charge is 0.262 e. The molecule has 0 saturated carbocycles. The van der Waals surface area contributed by atoms with Gasteiger partial charge in [-0.1, -0.05) is 18.2 Å². The van der Waals surface area contributed by atoms with Crippen LogP contribution in [0.3, 0.4) is 0 Å². The van der Waals surface area contributed by atoms with E-state index in [1.54, 1.807) is 19.1 Å². The first-order valence-corrected chi connectivity index (χ1v) is 12.7. The zero-order valence-corrected chi connectivity index (χ0v) is 21.7. The van der Waals surface area contributed by atoms with E-state index in [-0.39, 0.29) is 18.7 Å². The molecule has 1 aliphatic rings. The van der Waals surface area contributed by atoms with E-state index >= 15 is 0 Å². The zero-order valence-electron chi connectivity index (χ0n) is 21.7. The molecule has 0 spiro atoms. The van der Waals surface area contributed by atoms with Crippen molar-refractivity contribution in [1.82, 2.24) is 5.32 Å². The van der Waals surface area contributed by atoms with Crippen LogP contribution in [0.25, 0.3) is 27.7 Å². The highest BCUT2D eigenvalue weighted by atomic mass is 16.5. The molecule has 0 radical (unpaired) electrons. The number of furan rings is 1. The first-order valence-electron chi connectivity index (χ1n) is 12.7. The van der Waals surface area contributed by atoms with E-state index in [2.05, 4.69) is 42.3 Å². The highest BCUT2D eigenvalue weighted by Gasteiger charge is 2.37. The van der Waals surface area contributed by atoms with Crippen LogP contribution >= 0.6 is 0 Å². The Morgan fingerprint density at radius 3 is 2.47 bits per heavy atom. The molecule has 2 aromatic carbocycles. The lowest BCUT2D eigenvalue weighted by Gasteiger charge is -2.35. The number of rotatable bonds is 8. The summed E-state index contributed by atoms with van der Waals surface area (Å²) in [4.78, 5) is 15.0. The highest BCUT2D eigenvalue weighted by Crippen LogP contribution is 2.31. The molecule has 4 N–H and O–H groups in total. The molecule has 0 aliphatic carbocycles. The fraction of sp³-hybridized carbons (Fsp3) is 0.379. The van der Waals surface area contributed by atoms with Crippen LogP contribution in [0.15, 0.2) is 58.5 Å². The largest absolute Gasteiger partial charge is 0.456 e. The number of nitrogens with one attached hydrogen (secondary N) is 1. The predicted molar refractivity (Wildman–Crippen MR) is 144 cm³/mol. The van der Waals surface area contributed by atoms with E-state index in [4.69, 9.17) is 9.15 Å². The van der Waals surface area contributed by atoms with Crippen molar-refractivity contribution in [3.8, 4) is 17.4 Å². The minimum Gasteiger partial charge on any atom is -0.456 e. The number of fused-ring (bicyclic) bond motifs is 1. The summed E-state index contributed by atoms with van der Waals surface area (Å²) in [5.74, 6) is 0.336. The van der Waals surface area contributed by atoms with Gasteiger partial charge in [-0.2, -0.15) is 5.26 Å². The summed E-state index contributed by atoms with van der Waals surface area (Å²) in [6, 6.07) is 17.9. The molecular weight excluding hydrogens is 486 g/mol. The van der Waals surface area contributed by atoms with Gasteiger partial charge in [-0.05, 0) is 61.9 Å². The average molecular weight is 520 g/mol. The number of aliphatic hydroxyl groups is 3. The van der Waals surface area contributed by atoms with Crippen LogP contribution < -0.4 is 10.2 Å². The molecule has 2 heterocycles. The van der Waals surface area contributed by atoms with Crippen LogP contribution in [0.5, 0.6) is 0 Å². The lowest BCUT2D eigenvalue weighted by molar-refractivity contribution is -0.185. The van der Waals surface area contributed by atoms with E-state index in [0.717, 1.165) is 29.4 Å². The second-order valence-corrected chi connectivity index (χ2v) is 9.32. The number of allylic oxidation sites excluding steroid dienone is 1. The number of nitrogens with zero attached hydrogens (tertiary/aromatic N) is 2. The highest BCUT2D eigenvalue weighted by molar-refractivity contribution is 6.04. The Morgan fingerprint density at radius 1 is 1.05 bits per heavy atom. The van der Waals surface area contributed by atoms with Crippen molar-refractivity contribution in [3.05, 3.63) is 59.9 Å². The van der Waals surface area contributed by atoms with E-state index in [0.29, 0.717) is 17.1 Å². The van der Waals surface area contributed by atoms with Gasteiger partial charge in [0.2, 0.25) is 0 Å². The van der Waals surface area contributed by atoms with Gasteiger partial charge in [0, 0.05) is 36.5 Å². The minimum atomic E-state index is -1.38. The van der Waals surface area contributed by atoms with Crippen LogP contribution in [0, 0.1) is 11.3 Å². The van der Waals surface area contributed by atoms with E-state index in [1.165, 1.54) is 5.69 Å². The number of amides is 1. The van der Waals surface area contributed by atoms with Gasteiger partial charge in [0.05, 0.1) is 6.61 Å². The van der Waals surface area contributed by atoms with Gasteiger partial charge in [0.25, 0.3) is 5.91 Å². The summed E-state index contributed by atoms with van der Waals surface area (Å²) in [5, 5.41) is 43.9. The van der Waals surface area contributed by atoms with E-state index < -0.39 is 30.3 Å². The number of hydrogen-bond donors (Lipinski definition) is 4. The molecule has 9 heteroatoms. The monoisotopic (exact) mass is 519 g/mol. The zero-order chi connectivity index (χ0) is 27.4. The van der Waals surface area contributed by atoms with Crippen LogP contribution in [0.4, 0.5) is 5.69 Å². The van der Waals surface area contributed by atoms with Crippen molar-refractivity contribution < 1.29 is 29.3 Å². The molecule has 38 heavy (non-hydrogen) atoms. The van der Waals surface area contributed by atoms with Gasteiger partial charge in [-0.3, -0.25) is 4.79 Å². The van der Waals surface area contributed by atoms with Crippen molar-refractivity contribution in [1.29, 1.82) is 5.26 Å². The van der Waals surface area contributed by atoms with E-state index in [1.807, 2.05) is 24.3 Å². The number of anilines is 1. The number of benzene rings is 2. The molecule has 1 saturated heterocycles. The summed E-state index contributed by atoms with van der Waals surface area (Å²) in [6.45, 7) is 7.47. The lowest BCUT2D eigenvalue weighted by atomic mass is 10.00. The second-order valence-electron chi connectivity index (χ2n) is 9.32. The maximum absolute atomic E-state index is 12.7. The normalized spacial score (nSPS) is 22.0. The molecule has 3 aromatic rings. The summed E-state index contributed by atoms with van der Waals surface area (Å²) in [7, 11) is 0. The molecule has 200 valence electrons. The molecule has 0 bridgehead atoms. The quantitative estimate of drug-likeness (QED) is 0.263. The van der Waals surface area contributed by atoms with Crippen molar-refractivity contribution in [3.63, 3.8) is 0 Å². The first kappa shape index (κ1) is 27.4. The van der Waals surface area contributed by atoms with Crippen molar-refractivity contribution in [2.45, 2.75) is 45.2 Å². The molecule has 9 nitrogen and oxygen atoms in total. The maximum atomic E-state index is 12.7. The summed E-state index contributed by atoms with van der Waals surface area (Å²) in [5.41, 5.74) is 2.27. The second kappa shape index (κ2) is 11.8. The van der Waals surface area contributed by atoms with Crippen LogP contribution in [0.2, 0.25) is 0 Å². The van der Waals surface area contributed by atoms with Crippen molar-refractivity contribution >= 4 is 27.9 Å². The van der Waals surface area contributed by atoms with Gasteiger partial charge in [-0.25, -0.2) is 0 Å². The van der Waals surface area contributed by atoms with Crippen molar-refractivity contribution in [2.75, 3.05) is 31.1 Å². The molecule has 1 aliphatic heterocycles. The molecule has 0 unspecified atom stereocenters. The number of carbonyl (C=O) groups is 1. The van der Waals surface area contributed by atoms with Crippen LogP contribution in [-0.2, 0) is 9.53 Å². The summed E-state index contributed by atoms with van der Waals surface area (Å²) >= 11 is 0. The number of aliphatic hydroxyl groups excluding tert-OH is 3. The van der Waals surface area contributed by atoms with Crippen LogP contribution in [-0.4, -0.2) is 71.9 Å². The number of carbonyl (C=O) groups excluding carboxylic acids is 1. The van der Waals surface area contributed by atoms with Gasteiger partial charge < -0.3 is 34.7 Å². The summed E-state index contributed by atoms with van der Waals surface area (Å²) < 4.78 is 11.3. The Kier molecular flexibility index (Phi) is 8.49. The van der Waals surface area contributed by atoms with Gasteiger partial charge in [0.1, 0.15) is 47.6 Å². The molecule has 4 rings (SSSR count). The van der Waals surface area contributed by atoms with Gasteiger partial charge in [0.15, 0.2) is 0 Å². The fourth-order valence-corrected chi connectivity index (χ4v) is 4.62. The average Bonchev–Trinajstić information content (AvgIpc) is 3.42. The third-order valence-electron chi connectivity index (χ3n) is 7.00. The Morgan fingerprint density at radius 2 is 1.76 bits per heavy atom. The third-order valence-corrected chi connectivity index (χ3v) is 7.00. The standard InChI is InChI=1S/C29H33N3O6/c1-4-32(5-2)21-9-8-18-12-20(7-6-19(18)13-21)25-11-10-24(38-25)17(3)22(14-30)29(36)31-15-26-28(35)27(34)23(33)16-37-26/h6-13,23,26-28,33-35H,4-5,15-16H2,1-3H3,(H,31,36)/b22-17+/t23-,26+,27+,28+/m0/s1. The maximum Gasteiger partial charge on any atom is 0.262 e. The van der Waals surface area contributed by atoms with Gasteiger partial charge in [-0.15, -0.1) is 0 Å². The number of nitriles is 1. The Balaban J connectivity index is 1.50. The summed E-state index contributed by atoms with van der Waals surface area (Å²) in [6.07, 6.45) is -4.86. The first-order chi connectivity index (χ1) is 18.3. The van der Waals surface area contributed by atoms with E-state index in [9.17, 15) is 25.4 Å². The predicted octanol–water partition coefficient (Wildman–Crippen LogP) is 2.84. The fourth-order valence-electron chi connectivity index (χ4n) is 4.62. The lowest BCUT2D eigenvalue weighted by Crippen LogP contribution is -2.56. The van der Waals surface area contributed by atoms with Crippen molar-refractivity contribution in [2.24, 2.45) is 0 Å². The Bertz CT molecular complexity index is 1370. The number of hydrogen-bond acceptors (Lipinski definition) is 8. The number of ether oxygens (including phenoxy) is 1. The molecule has 1 amide bonds. The molecule has 4 atom stereocenters. The Hall–Kier alpha value is -3.68. The van der Waals surface area contributed by atoms with Gasteiger partial charge >= 0.3 is 0 Å². The minimum absolute atomic E-state index is 0.140. The molecule has 1 fully saturated rings.